The zero-order valence-corrected chi connectivity index (χ0v) is 15.5. The number of hydrogen-bond acceptors (Lipinski definition) is 4. The summed E-state index contributed by atoms with van der Waals surface area (Å²) in [5.41, 5.74) is 4.41. The highest BCUT2D eigenvalue weighted by atomic mass is 32.2. The number of nitrogens with one attached hydrogen (secondary N) is 1. The Kier molecular flexibility index (Phi) is 4.53. The van der Waals surface area contributed by atoms with E-state index in [1.165, 1.54) is 7.11 Å². The molecule has 2 aromatic heterocycles. The second kappa shape index (κ2) is 6.50. The molecule has 0 atom stereocenters. The zero-order valence-electron chi connectivity index (χ0n) is 14.7. The summed E-state index contributed by atoms with van der Waals surface area (Å²) in [4.78, 5) is 4.59. The van der Waals surface area contributed by atoms with Crippen molar-refractivity contribution in [2.45, 2.75) is 32.2 Å². The first-order valence-electron chi connectivity index (χ1n) is 7.89. The number of aryl methyl sites for hydroxylation is 3. The molecule has 6 nitrogen and oxygen atoms in total. The van der Waals surface area contributed by atoms with Crippen molar-refractivity contribution in [3.05, 3.63) is 59.0 Å². The predicted octanol–water partition coefficient (Wildman–Crippen LogP) is 2.75. The van der Waals surface area contributed by atoms with Crippen molar-refractivity contribution in [1.82, 2.24) is 14.1 Å². The van der Waals surface area contributed by atoms with E-state index >= 15 is 0 Å². The standard InChI is InChI=1S/C18H21N3O3S/c1-12-5-6-21-11-15(20-18(21)7-12)10-19-25(22,23)17-9-14(3)13(2)8-16(17)24-4/h5-9,11,19H,10H2,1-4H3. The first kappa shape index (κ1) is 17.4. The lowest BCUT2D eigenvalue weighted by Crippen LogP contribution is -2.24. The van der Waals surface area contributed by atoms with Gasteiger partial charge in [0.1, 0.15) is 16.3 Å². The second-order valence-electron chi connectivity index (χ2n) is 6.11. The van der Waals surface area contributed by atoms with Crippen molar-refractivity contribution < 1.29 is 13.2 Å². The van der Waals surface area contributed by atoms with Crippen LogP contribution in [0.25, 0.3) is 5.65 Å². The molecule has 0 aliphatic heterocycles. The van der Waals surface area contributed by atoms with Crippen molar-refractivity contribution >= 4 is 15.7 Å². The fourth-order valence-electron chi connectivity index (χ4n) is 2.60. The second-order valence-corrected chi connectivity index (χ2v) is 7.85. The van der Waals surface area contributed by atoms with Gasteiger partial charge in [0.05, 0.1) is 19.3 Å². The summed E-state index contributed by atoms with van der Waals surface area (Å²) in [5.74, 6) is 0.334. The van der Waals surface area contributed by atoms with E-state index in [2.05, 4.69) is 9.71 Å². The van der Waals surface area contributed by atoms with Gasteiger partial charge in [0, 0.05) is 12.4 Å². The minimum atomic E-state index is -3.71. The number of sulfonamides is 1. The molecule has 25 heavy (non-hydrogen) atoms. The van der Waals surface area contributed by atoms with E-state index in [1.807, 2.05) is 49.7 Å². The van der Waals surface area contributed by atoms with Crippen LogP contribution in [0.4, 0.5) is 0 Å². The van der Waals surface area contributed by atoms with E-state index < -0.39 is 10.0 Å². The lowest BCUT2D eigenvalue weighted by molar-refractivity contribution is 0.401. The number of methoxy groups -OCH3 is 1. The monoisotopic (exact) mass is 359 g/mol. The molecular formula is C18H21N3O3S. The van der Waals surface area contributed by atoms with Crippen molar-refractivity contribution in [1.29, 1.82) is 0 Å². The van der Waals surface area contributed by atoms with Gasteiger partial charge in [-0.05, 0) is 61.7 Å². The smallest absolute Gasteiger partial charge is 0.244 e. The van der Waals surface area contributed by atoms with E-state index in [1.54, 1.807) is 12.1 Å². The third-order valence-corrected chi connectivity index (χ3v) is 5.60. The highest BCUT2D eigenvalue weighted by Gasteiger charge is 2.21. The van der Waals surface area contributed by atoms with Crippen molar-refractivity contribution in [2.75, 3.05) is 7.11 Å². The fourth-order valence-corrected chi connectivity index (χ4v) is 3.83. The number of fused-ring (bicyclic) bond motifs is 1. The van der Waals surface area contributed by atoms with Gasteiger partial charge in [-0.15, -0.1) is 0 Å². The van der Waals surface area contributed by atoms with Crippen LogP contribution in [0.15, 0.2) is 41.6 Å². The number of nitrogens with zero attached hydrogens (tertiary/aromatic N) is 2. The molecule has 0 aliphatic carbocycles. The van der Waals surface area contributed by atoms with Crippen LogP contribution < -0.4 is 9.46 Å². The fraction of sp³-hybridized carbons (Fsp3) is 0.278. The van der Waals surface area contributed by atoms with Crippen LogP contribution in [0.3, 0.4) is 0 Å². The van der Waals surface area contributed by atoms with Crippen LogP contribution in [-0.2, 0) is 16.6 Å². The average Bonchev–Trinajstić information content (AvgIpc) is 2.97. The Morgan fingerprint density at radius 2 is 1.88 bits per heavy atom. The number of hydrogen-bond donors (Lipinski definition) is 1. The van der Waals surface area contributed by atoms with Crippen molar-refractivity contribution in [3.8, 4) is 5.75 Å². The van der Waals surface area contributed by atoms with E-state index in [-0.39, 0.29) is 11.4 Å². The third-order valence-electron chi connectivity index (χ3n) is 4.18. The maximum Gasteiger partial charge on any atom is 0.244 e. The third kappa shape index (κ3) is 3.52. The Balaban J connectivity index is 1.87. The van der Waals surface area contributed by atoms with Gasteiger partial charge in [-0.1, -0.05) is 0 Å². The number of rotatable bonds is 5. The van der Waals surface area contributed by atoms with Gasteiger partial charge in [-0.25, -0.2) is 18.1 Å². The highest BCUT2D eigenvalue weighted by Crippen LogP contribution is 2.27. The molecule has 0 unspecified atom stereocenters. The normalized spacial score (nSPS) is 11.8. The van der Waals surface area contributed by atoms with E-state index in [9.17, 15) is 8.42 Å². The Hall–Kier alpha value is -2.38. The first-order valence-corrected chi connectivity index (χ1v) is 9.37. The Labute approximate surface area is 147 Å². The van der Waals surface area contributed by atoms with Gasteiger partial charge in [-0.3, -0.25) is 0 Å². The minimum Gasteiger partial charge on any atom is -0.495 e. The summed E-state index contributed by atoms with van der Waals surface area (Å²) < 4.78 is 35.1. The summed E-state index contributed by atoms with van der Waals surface area (Å²) in [6, 6.07) is 7.29. The molecule has 1 aromatic carbocycles. The number of imidazole rings is 1. The molecular weight excluding hydrogens is 338 g/mol. The van der Waals surface area contributed by atoms with Gasteiger partial charge in [0.2, 0.25) is 10.0 Å². The molecule has 7 heteroatoms. The highest BCUT2D eigenvalue weighted by molar-refractivity contribution is 7.89. The Morgan fingerprint density at radius 1 is 1.16 bits per heavy atom. The van der Waals surface area contributed by atoms with Crippen molar-refractivity contribution in [2.24, 2.45) is 0 Å². The molecule has 0 saturated heterocycles. The number of pyridine rings is 1. The molecule has 0 bridgehead atoms. The van der Waals surface area contributed by atoms with Crippen LogP contribution >= 0.6 is 0 Å². The largest absolute Gasteiger partial charge is 0.495 e. The summed E-state index contributed by atoms with van der Waals surface area (Å²) in [6.45, 7) is 5.89. The van der Waals surface area contributed by atoms with E-state index in [0.29, 0.717) is 11.4 Å². The molecule has 0 amide bonds. The quantitative estimate of drug-likeness (QED) is 0.760. The van der Waals surface area contributed by atoms with Crippen LogP contribution in [0.1, 0.15) is 22.4 Å². The summed E-state index contributed by atoms with van der Waals surface area (Å²) >= 11 is 0. The van der Waals surface area contributed by atoms with Crippen LogP contribution in [-0.4, -0.2) is 24.9 Å². The summed E-state index contributed by atoms with van der Waals surface area (Å²) in [6.07, 6.45) is 3.72. The molecule has 0 spiro atoms. The lowest BCUT2D eigenvalue weighted by Gasteiger charge is -2.12. The van der Waals surface area contributed by atoms with Gasteiger partial charge >= 0.3 is 0 Å². The molecule has 2 heterocycles. The van der Waals surface area contributed by atoms with Crippen LogP contribution in [0.2, 0.25) is 0 Å². The molecule has 132 valence electrons. The molecule has 0 radical (unpaired) electrons. The minimum absolute atomic E-state index is 0.110. The van der Waals surface area contributed by atoms with Gasteiger partial charge in [-0.2, -0.15) is 0 Å². The average molecular weight is 359 g/mol. The molecule has 1 N–H and O–H groups in total. The molecule has 3 rings (SSSR count). The summed E-state index contributed by atoms with van der Waals surface area (Å²) in [7, 11) is -2.24. The molecule has 0 aliphatic rings. The Morgan fingerprint density at radius 3 is 2.60 bits per heavy atom. The molecule has 0 fully saturated rings. The topological polar surface area (TPSA) is 72.7 Å². The number of ether oxygens (including phenoxy) is 1. The van der Waals surface area contributed by atoms with Gasteiger partial charge in [0.15, 0.2) is 0 Å². The lowest BCUT2D eigenvalue weighted by atomic mass is 10.1. The van der Waals surface area contributed by atoms with Crippen LogP contribution in [0.5, 0.6) is 5.75 Å². The maximum absolute atomic E-state index is 12.7. The zero-order chi connectivity index (χ0) is 18.2. The van der Waals surface area contributed by atoms with E-state index in [0.717, 1.165) is 22.3 Å². The molecule has 0 saturated carbocycles. The van der Waals surface area contributed by atoms with Crippen LogP contribution in [0, 0.1) is 20.8 Å². The maximum atomic E-state index is 12.7. The molecule has 3 aromatic rings. The first-order chi connectivity index (χ1) is 11.8. The van der Waals surface area contributed by atoms with Gasteiger partial charge in [0.25, 0.3) is 0 Å². The van der Waals surface area contributed by atoms with Gasteiger partial charge < -0.3 is 9.14 Å². The Bertz CT molecular complexity index is 1040. The number of aromatic nitrogens is 2. The summed E-state index contributed by atoms with van der Waals surface area (Å²) in [5, 5.41) is 0. The van der Waals surface area contributed by atoms with E-state index in [4.69, 9.17) is 4.74 Å². The predicted molar refractivity (Wildman–Crippen MR) is 96.4 cm³/mol. The SMILES string of the molecule is COc1cc(C)c(C)cc1S(=O)(=O)NCc1cn2ccc(C)cc2n1. The number of benzene rings is 1. The van der Waals surface area contributed by atoms with Crippen molar-refractivity contribution in [3.63, 3.8) is 0 Å².